The van der Waals surface area contributed by atoms with Crippen molar-refractivity contribution in [3.05, 3.63) is 84.1 Å². The fraction of sp³-hybridized carbons (Fsp3) is 0.154. The topological polar surface area (TPSA) is 71.1 Å². The lowest BCUT2D eigenvalue weighted by Crippen LogP contribution is -2.32. The third-order valence-electron chi connectivity index (χ3n) is 5.42. The van der Waals surface area contributed by atoms with E-state index in [4.69, 9.17) is 9.47 Å². The summed E-state index contributed by atoms with van der Waals surface area (Å²) in [7, 11) is 6.91. The van der Waals surface area contributed by atoms with Crippen LogP contribution in [0.2, 0.25) is 0 Å². The van der Waals surface area contributed by atoms with E-state index >= 15 is 0 Å². The molecule has 4 rings (SSSR count). The van der Waals surface area contributed by atoms with Crippen molar-refractivity contribution in [2.45, 2.75) is 0 Å². The van der Waals surface area contributed by atoms with E-state index in [-0.39, 0.29) is 5.70 Å². The number of nitrogens with one attached hydrogen (secondary N) is 1. The zero-order valence-electron chi connectivity index (χ0n) is 19.0. The molecule has 2 amide bonds. The van der Waals surface area contributed by atoms with E-state index in [1.54, 1.807) is 38.5 Å². The first-order valence-electron chi connectivity index (χ1n) is 10.4. The molecular formula is C26H25N3O4. The lowest BCUT2D eigenvalue weighted by molar-refractivity contribution is -0.120. The number of hydrogen-bond acceptors (Lipinski definition) is 6. The predicted octanol–water partition coefficient (Wildman–Crippen LogP) is 4.17. The second-order valence-corrected chi connectivity index (χ2v) is 7.67. The molecule has 1 aliphatic heterocycles. The Morgan fingerprint density at radius 3 is 2.24 bits per heavy atom. The van der Waals surface area contributed by atoms with Crippen LogP contribution in [0.1, 0.15) is 5.56 Å². The average Bonchev–Trinajstić information content (AvgIpc) is 3.08. The highest BCUT2D eigenvalue weighted by molar-refractivity contribution is 6.46. The van der Waals surface area contributed by atoms with Gasteiger partial charge in [0, 0.05) is 25.8 Å². The fourth-order valence-electron chi connectivity index (χ4n) is 3.71. The summed E-state index contributed by atoms with van der Waals surface area (Å²) in [6.45, 7) is 0. The number of imide groups is 1. The molecule has 0 aliphatic carbocycles. The minimum absolute atomic E-state index is 0.174. The monoisotopic (exact) mass is 443 g/mol. The number of nitrogens with zero attached hydrogens (tertiary/aromatic N) is 2. The van der Waals surface area contributed by atoms with Crippen LogP contribution in [0.25, 0.3) is 5.57 Å². The summed E-state index contributed by atoms with van der Waals surface area (Å²) < 4.78 is 10.8. The van der Waals surface area contributed by atoms with Gasteiger partial charge in [-0.05, 0) is 35.9 Å². The van der Waals surface area contributed by atoms with Crippen LogP contribution in [-0.4, -0.2) is 40.1 Å². The van der Waals surface area contributed by atoms with Crippen molar-refractivity contribution in [1.29, 1.82) is 0 Å². The zero-order chi connectivity index (χ0) is 23.5. The Bertz CT molecular complexity index is 1240. The van der Waals surface area contributed by atoms with E-state index in [9.17, 15) is 9.59 Å². The maximum absolute atomic E-state index is 13.6. The second-order valence-electron chi connectivity index (χ2n) is 7.67. The lowest BCUT2D eigenvalue weighted by atomic mass is 10.0. The Kier molecular flexibility index (Phi) is 6.04. The van der Waals surface area contributed by atoms with Crippen LogP contribution in [-0.2, 0) is 9.59 Å². The van der Waals surface area contributed by atoms with E-state index in [0.29, 0.717) is 34.0 Å². The largest absolute Gasteiger partial charge is 0.497 e. The molecule has 0 aromatic heterocycles. The number of hydrogen-bond donors (Lipinski definition) is 1. The summed E-state index contributed by atoms with van der Waals surface area (Å²) in [6, 6.07) is 21.7. The van der Waals surface area contributed by atoms with Gasteiger partial charge in [-0.2, -0.15) is 0 Å². The summed E-state index contributed by atoms with van der Waals surface area (Å²) in [4.78, 5) is 30.4. The Balaban J connectivity index is 1.83. The number of methoxy groups -OCH3 is 2. The van der Waals surface area contributed by atoms with E-state index in [0.717, 1.165) is 5.69 Å². The van der Waals surface area contributed by atoms with Crippen molar-refractivity contribution in [2.24, 2.45) is 0 Å². The maximum atomic E-state index is 13.6. The van der Waals surface area contributed by atoms with Crippen LogP contribution >= 0.6 is 0 Å². The van der Waals surface area contributed by atoms with E-state index in [1.807, 2.05) is 67.5 Å². The van der Waals surface area contributed by atoms with Crippen LogP contribution < -0.4 is 24.6 Å². The quantitative estimate of drug-likeness (QED) is 0.553. The summed E-state index contributed by atoms with van der Waals surface area (Å²) in [6.07, 6.45) is 0. The van der Waals surface area contributed by atoms with Gasteiger partial charge in [0.05, 0.1) is 31.2 Å². The Morgan fingerprint density at radius 1 is 0.818 bits per heavy atom. The molecule has 0 fully saturated rings. The minimum Gasteiger partial charge on any atom is -0.497 e. The van der Waals surface area contributed by atoms with Crippen molar-refractivity contribution in [1.82, 2.24) is 0 Å². The molecule has 0 saturated carbocycles. The molecule has 7 nitrogen and oxygen atoms in total. The molecule has 168 valence electrons. The summed E-state index contributed by atoms with van der Waals surface area (Å²) in [5, 5.41) is 3.15. The molecule has 0 unspecified atom stereocenters. The normalized spacial score (nSPS) is 13.4. The molecule has 0 saturated heterocycles. The zero-order valence-corrected chi connectivity index (χ0v) is 19.0. The maximum Gasteiger partial charge on any atom is 0.282 e. The lowest BCUT2D eigenvalue weighted by Gasteiger charge is -2.19. The molecular weight excluding hydrogens is 418 g/mol. The highest BCUT2D eigenvalue weighted by atomic mass is 16.5. The molecule has 3 aromatic rings. The summed E-state index contributed by atoms with van der Waals surface area (Å²) >= 11 is 0. The first-order valence-corrected chi connectivity index (χ1v) is 10.4. The highest BCUT2D eigenvalue weighted by Crippen LogP contribution is 2.37. The van der Waals surface area contributed by atoms with Gasteiger partial charge in [-0.15, -0.1) is 0 Å². The number of benzene rings is 3. The molecule has 0 radical (unpaired) electrons. The van der Waals surface area contributed by atoms with Crippen LogP contribution in [0.15, 0.2) is 78.5 Å². The third-order valence-corrected chi connectivity index (χ3v) is 5.42. The highest BCUT2D eigenvalue weighted by Gasteiger charge is 2.40. The Morgan fingerprint density at radius 2 is 1.58 bits per heavy atom. The summed E-state index contributed by atoms with van der Waals surface area (Å²) in [5.41, 5.74) is 3.01. The molecule has 0 spiro atoms. The van der Waals surface area contributed by atoms with Gasteiger partial charge in [-0.3, -0.25) is 9.59 Å². The molecule has 0 bridgehead atoms. The van der Waals surface area contributed by atoms with E-state index < -0.39 is 11.8 Å². The first-order chi connectivity index (χ1) is 15.9. The molecule has 7 heteroatoms. The van der Waals surface area contributed by atoms with E-state index in [2.05, 4.69) is 5.32 Å². The van der Waals surface area contributed by atoms with E-state index in [1.165, 1.54) is 4.90 Å². The van der Waals surface area contributed by atoms with Crippen molar-refractivity contribution in [3.8, 4) is 11.5 Å². The molecule has 1 aliphatic rings. The van der Waals surface area contributed by atoms with Crippen molar-refractivity contribution in [2.75, 3.05) is 43.4 Å². The number of rotatable bonds is 7. The molecule has 1 heterocycles. The number of ether oxygens (including phenoxy) is 2. The standard InChI is InChI=1S/C26H25N3O4/c1-28(2)18-11-8-12-19(15-18)29-25(30)23(17-9-6-5-7-10-17)24(26(29)31)27-21-16-20(32-3)13-14-22(21)33-4/h5-16,27H,1-4H3. The van der Waals surface area contributed by atoms with Gasteiger partial charge >= 0.3 is 0 Å². The van der Waals surface area contributed by atoms with Crippen LogP contribution in [0.4, 0.5) is 17.1 Å². The van der Waals surface area contributed by atoms with Gasteiger partial charge in [0.2, 0.25) is 0 Å². The minimum atomic E-state index is -0.445. The van der Waals surface area contributed by atoms with Gasteiger partial charge in [0.1, 0.15) is 17.2 Å². The van der Waals surface area contributed by atoms with Crippen molar-refractivity contribution in [3.63, 3.8) is 0 Å². The van der Waals surface area contributed by atoms with Crippen molar-refractivity contribution < 1.29 is 19.1 Å². The van der Waals surface area contributed by atoms with Gasteiger partial charge in [-0.1, -0.05) is 36.4 Å². The average molecular weight is 444 g/mol. The Labute approximate surface area is 192 Å². The molecule has 0 atom stereocenters. The molecule has 3 aromatic carbocycles. The Hall–Kier alpha value is -4.26. The van der Waals surface area contributed by atoms with Gasteiger partial charge in [0.25, 0.3) is 11.8 Å². The van der Waals surface area contributed by atoms with Gasteiger partial charge < -0.3 is 19.7 Å². The number of anilines is 3. The number of amides is 2. The number of carbonyl (C=O) groups is 2. The molecule has 33 heavy (non-hydrogen) atoms. The SMILES string of the molecule is COc1ccc(OC)c(NC2=C(c3ccccc3)C(=O)N(c3cccc(N(C)C)c3)C2=O)c1. The van der Waals surface area contributed by atoms with Crippen molar-refractivity contribution >= 4 is 34.4 Å². The van der Waals surface area contributed by atoms with Crippen LogP contribution in [0, 0.1) is 0 Å². The smallest absolute Gasteiger partial charge is 0.282 e. The number of carbonyl (C=O) groups excluding carboxylic acids is 2. The van der Waals surface area contributed by atoms with Gasteiger partial charge in [0.15, 0.2) is 0 Å². The third kappa shape index (κ3) is 4.13. The van der Waals surface area contributed by atoms with Gasteiger partial charge in [-0.25, -0.2) is 4.90 Å². The summed E-state index contributed by atoms with van der Waals surface area (Å²) in [5.74, 6) is 0.266. The van der Waals surface area contributed by atoms with Crippen LogP contribution in [0.3, 0.4) is 0 Å². The first kappa shape index (κ1) is 22.0. The van der Waals surface area contributed by atoms with Crippen LogP contribution in [0.5, 0.6) is 11.5 Å². The molecule has 1 N–H and O–H groups in total. The second kappa shape index (κ2) is 9.08. The predicted molar refractivity (Wildman–Crippen MR) is 130 cm³/mol. The fourth-order valence-corrected chi connectivity index (χ4v) is 3.71.